The summed E-state index contributed by atoms with van der Waals surface area (Å²) in [6, 6.07) is 0.191. The van der Waals surface area contributed by atoms with Crippen molar-refractivity contribution in [3.63, 3.8) is 0 Å². The standard InChI is InChI=1S/C7H15N5/c1-5-4-9-6(8)11-7(10-5)12(2)3/h5H,4H2,1-3H3,(H3,8,9,10,11). The maximum Gasteiger partial charge on any atom is 0.200 e. The molecule has 1 unspecified atom stereocenters. The number of nitrogens with zero attached hydrogens (tertiary/aromatic N) is 3. The third-order valence-corrected chi connectivity index (χ3v) is 1.53. The molecule has 0 amide bonds. The summed E-state index contributed by atoms with van der Waals surface area (Å²) in [5, 5.41) is 2.91. The molecule has 0 radical (unpaired) electrons. The maximum atomic E-state index is 5.56. The lowest BCUT2D eigenvalue weighted by atomic mass is 10.4. The molecule has 0 saturated carbocycles. The molecule has 1 atom stereocenters. The van der Waals surface area contributed by atoms with Crippen LogP contribution in [0.5, 0.6) is 0 Å². The fraction of sp³-hybridized carbons (Fsp3) is 0.714. The molecular weight excluding hydrogens is 154 g/mol. The van der Waals surface area contributed by atoms with Gasteiger partial charge in [0.15, 0.2) is 5.96 Å². The molecule has 0 aromatic heterocycles. The van der Waals surface area contributed by atoms with E-state index >= 15 is 0 Å². The van der Waals surface area contributed by atoms with E-state index in [1.54, 1.807) is 0 Å². The van der Waals surface area contributed by atoms with Crippen molar-refractivity contribution in [2.75, 3.05) is 20.6 Å². The predicted molar refractivity (Wildman–Crippen MR) is 50.2 cm³/mol. The summed E-state index contributed by atoms with van der Waals surface area (Å²) in [6.07, 6.45) is 0. The minimum Gasteiger partial charge on any atom is -0.370 e. The maximum absolute atomic E-state index is 5.56. The molecule has 0 aromatic rings. The van der Waals surface area contributed by atoms with Gasteiger partial charge in [0.2, 0.25) is 5.96 Å². The van der Waals surface area contributed by atoms with Crippen LogP contribution in [0.3, 0.4) is 0 Å². The molecule has 0 saturated heterocycles. The van der Waals surface area contributed by atoms with Crippen LogP contribution in [0.4, 0.5) is 0 Å². The Labute approximate surface area is 72.4 Å². The lowest BCUT2D eigenvalue weighted by molar-refractivity contribution is 0.593. The third kappa shape index (κ3) is 2.11. The van der Waals surface area contributed by atoms with Crippen LogP contribution < -0.4 is 11.1 Å². The molecular formula is C7H15N5. The fourth-order valence-corrected chi connectivity index (χ4v) is 0.894. The van der Waals surface area contributed by atoms with Crippen molar-refractivity contribution in [1.82, 2.24) is 10.2 Å². The Balaban J connectivity index is 2.78. The van der Waals surface area contributed by atoms with Gasteiger partial charge in [0.1, 0.15) is 0 Å². The van der Waals surface area contributed by atoms with Crippen molar-refractivity contribution >= 4 is 11.9 Å². The normalized spacial score (nSPS) is 23.4. The Hall–Kier alpha value is -1.26. The fourth-order valence-electron chi connectivity index (χ4n) is 0.894. The van der Waals surface area contributed by atoms with Gasteiger partial charge in [-0.3, -0.25) is 10.3 Å². The summed E-state index contributed by atoms with van der Waals surface area (Å²) in [6.45, 7) is 2.66. The lowest BCUT2D eigenvalue weighted by Gasteiger charge is -2.15. The van der Waals surface area contributed by atoms with E-state index < -0.39 is 0 Å². The third-order valence-electron chi connectivity index (χ3n) is 1.53. The van der Waals surface area contributed by atoms with E-state index in [1.807, 2.05) is 25.9 Å². The number of nitrogens with one attached hydrogen (secondary N) is 1. The zero-order chi connectivity index (χ0) is 9.14. The molecule has 1 aliphatic rings. The van der Waals surface area contributed by atoms with Gasteiger partial charge in [-0.05, 0) is 6.92 Å². The van der Waals surface area contributed by atoms with Crippen LogP contribution in [-0.4, -0.2) is 43.5 Å². The van der Waals surface area contributed by atoms with Gasteiger partial charge in [0.25, 0.3) is 0 Å². The molecule has 3 N–H and O–H groups in total. The minimum absolute atomic E-state index is 0.191. The van der Waals surface area contributed by atoms with Gasteiger partial charge in [-0.2, -0.15) is 0 Å². The van der Waals surface area contributed by atoms with Crippen molar-refractivity contribution in [3.05, 3.63) is 0 Å². The van der Waals surface area contributed by atoms with Gasteiger partial charge in [0, 0.05) is 14.1 Å². The summed E-state index contributed by atoms with van der Waals surface area (Å²) in [4.78, 5) is 10.3. The summed E-state index contributed by atoms with van der Waals surface area (Å²) in [5.41, 5.74) is 5.56. The second-order valence-corrected chi connectivity index (χ2v) is 3.05. The van der Waals surface area contributed by atoms with E-state index in [9.17, 15) is 0 Å². The van der Waals surface area contributed by atoms with E-state index in [0.717, 1.165) is 5.96 Å². The number of nitrogens with two attached hydrogens (primary N) is 1. The van der Waals surface area contributed by atoms with Crippen molar-refractivity contribution in [2.45, 2.75) is 13.0 Å². The monoisotopic (exact) mass is 169 g/mol. The van der Waals surface area contributed by atoms with E-state index in [4.69, 9.17) is 5.73 Å². The number of hydrogen-bond acceptors (Lipinski definition) is 5. The number of aliphatic imine (C=N–C) groups is 2. The predicted octanol–water partition coefficient (Wildman–Crippen LogP) is -0.790. The first kappa shape index (κ1) is 8.83. The molecule has 0 bridgehead atoms. The molecule has 0 aliphatic carbocycles. The van der Waals surface area contributed by atoms with E-state index in [2.05, 4.69) is 15.3 Å². The first-order chi connectivity index (χ1) is 5.59. The first-order valence-corrected chi connectivity index (χ1v) is 3.91. The Morgan fingerprint density at radius 1 is 1.58 bits per heavy atom. The van der Waals surface area contributed by atoms with Crippen molar-refractivity contribution in [2.24, 2.45) is 15.7 Å². The Morgan fingerprint density at radius 2 is 2.25 bits per heavy atom. The molecule has 0 spiro atoms. The molecule has 12 heavy (non-hydrogen) atoms. The van der Waals surface area contributed by atoms with Gasteiger partial charge in [-0.1, -0.05) is 0 Å². The van der Waals surface area contributed by atoms with Gasteiger partial charge >= 0.3 is 0 Å². The van der Waals surface area contributed by atoms with Gasteiger partial charge < -0.3 is 10.6 Å². The Morgan fingerprint density at radius 3 is 2.83 bits per heavy atom. The molecule has 0 fully saturated rings. The van der Waals surface area contributed by atoms with E-state index in [0.29, 0.717) is 12.5 Å². The zero-order valence-corrected chi connectivity index (χ0v) is 7.70. The highest BCUT2D eigenvalue weighted by Gasteiger charge is 2.10. The largest absolute Gasteiger partial charge is 0.370 e. The smallest absolute Gasteiger partial charge is 0.200 e. The molecule has 5 heteroatoms. The van der Waals surface area contributed by atoms with Crippen LogP contribution in [0.1, 0.15) is 6.92 Å². The summed E-state index contributed by atoms with van der Waals surface area (Å²) < 4.78 is 0. The highest BCUT2D eigenvalue weighted by Crippen LogP contribution is 1.95. The summed E-state index contributed by atoms with van der Waals surface area (Å²) in [5.74, 6) is 1.20. The van der Waals surface area contributed by atoms with Crippen LogP contribution in [-0.2, 0) is 0 Å². The number of rotatable bonds is 0. The average Bonchev–Trinajstić information content (AvgIpc) is 2.13. The van der Waals surface area contributed by atoms with Crippen LogP contribution in [0, 0.1) is 0 Å². The molecule has 68 valence electrons. The lowest BCUT2D eigenvalue weighted by Crippen LogP contribution is -2.43. The quantitative estimate of drug-likeness (QED) is 0.499. The van der Waals surface area contributed by atoms with Crippen molar-refractivity contribution < 1.29 is 0 Å². The van der Waals surface area contributed by atoms with Crippen molar-refractivity contribution in [3.8, 4) is 0 Å². The summed E-state index contributed by atoms with van der Waals surface area (Å²) >= 11 is 0. The van der Waals surface area contributed by atoms with E-state index in [-0.39, 0.29) is 6.04 Å². The van der Waals surface area contributed by atoms with E-state index in [1.165, 1.54) is 0 Å². The molecule has 0 aromatic carbocycles. The molecule has 5 nitrogen and oxygen atoms in total. The highest BCUT2D eigenvalue weighted by molar-refractivity contribution is 5.98. The number of hydrogen-bond donors (Lipinski definition) is 2. The van der Waals surface area contributed by atoms with Gasteiger partial charge in [-0.25, -0.2) is 4.99 Å². The van der Waals surface area contributed by atoms with Crippen LogP contribution in [0.25, 0.3) is 0 Å². The zero-order valence-electron chi connectivity index (χ0n) is 7.70. The van der Waals surface area contributed by atoms with Crippen molar-refractivity contribution in [1.29, 1.82) is 0 Å². The Kier molecular flexibility index (Phi) is 2.52. The van der Waals surface area contributed by atoms with Crippen LogP contribution in [0.2, 0.25) is 0 Å². The average molecular weight is 169 g/mol. The summed E-state index contributed by atoms with van der Waals surface area (Å²) in [7, 11) is 3.83. The van der Waals surface area contributed by atoms with Gasteiger partial charge in [0.05, 0.1) is 12.6 Å². The molecule has 1 rings (SSSR count). The Bertz CT molecular complexity index is 218. The molecule has 1 aliphatic heterocycles. The highest BCUT2D eigenvalue weighted by atomic mass is 15.3. The second-order valence-electron chi connectivity index (χ2n) is 3.05. The SMILES string of the molecule is CC1CN=C(N)NC(N(C)C)=N1. The minimum atomic E-state index is 0.191. The first-order valence-electron chi connectivity index (χ1n) is 3.91. The second kappa shape index (κ2) is 3.42. The van der Waals surface area contributed by atoms with Crippen LogP contribution in [0.15, 0.2) is 9.98 Å². The topological polar surface area (TPSA) is 66.0 Å². The molecule has 1 heterocycles. The van der Waals surface area contributed by atoms with Gasteiger partial charge in [-0.15, -0.1) is 0 Å². The number of guanidine groups is 2. The van der Waals surface area contributed by atoms with Crippen LogP contribution >= 0.6 is 0 Å².